The zero-order chi connectivity index (χ0) is 25.0. The van der Waals surface area contributed by atoms with E-state index >= 15 is 0 Å². The van der Waals surface area contributed by atoms with Gasteiger partial charge in [-0.05, 0) is 115 Å². The molecule has 4 fully saturated rings. The van der Waals surface area contributed by atoms with Gasteiger partial charge in [0.25, 0.3) is 0 Å². The fraction of sp³-hybridized carbons (Fsp3) is 0.818. The van der Waals surface area contributed by atoms with Crippen LogP contribution in [-0.4, -0.2) is 16.3 Å². The van der Waals surface area contributed by atoms with Gasteiger partial charge in [0, 0.05) is 5.92 Å². The van der Waals surface area contributed by atoms with Crippen LogP contribution in [0.15, 0.2) is 24.3 Å². The number of hydrogen-bond donors (Lipinski definition) is 2. The van der Waals surface area contributed by atoms with E-state index in [4.69, 9.17) is 0 Å². The van der Waals surface area contributed by atoms with Crippen LogP contribution in [0.4, 0.5) is 0 Å². The van der Waals surface area contributed by atoms with E-state index in [1.807, 2.05) is 18.2 Å². The highest BCUT2D eigenvalue weighted by atomic mass is 16.3. The van der Waals surface area contributed by atoms with Gasteiger partial charge < -0.3 is 10.2 Å². The van der Waals surface area contributed by atoms with Crippen molar-refractivity contribution in [1.82, 2.24) is 0 Å². The normalized spacial score (nSPS) is 43.9. The second-order valence-electron chi connectivity index (χ2n) is 14.4. The summed E-state index contributed by atoms with van der Waals surface area (Å²) in [7, 11) is 0. The molecule has 2 N–H and O–H groups in total. The molecular weight excluding hydrogens is 428 g/mol. The Morgan fingerprint density at radius 3 is 2.40 bits per heavy atom. The van der Waals surface area contributed by atoms with E-state index in [-0.39, 0.29) is 17.4 Å². The lowest BCUT2D eigenvalue weighted by Gasteiger charge is -2.62. The molecule has 4 saturated carbocycles. The highest BCUT2D eigenvalue weighted by molar-refractivity contribution is 5.36. The highest BCUT2D eigenvalue weighted by Crippen LogP contribution is 2.69. The number of hydrogen-bond acceptors (Lipinski definition) is 2. The monoisotopic (exact) mass is 480 g/mol. The Morgan fingerprint density at radius 1 is 0.914 bits per heavy atom. The van der Waals surface area contributed by atoms with E-state index in [1.54, 1.807) is 6.07 Å². The van der Waals surface area contributed by atoms with Gasteiger partial charge in [0.05, 0.1) is 6.10 Å². The quantitative estimate of drug-likeness (QED) is 0.428. The van der Waals surface area contributed by atoms with Crippen LogP contribution in [0.2, 0.25) is 0 Å². The van der Waals surface area contributed by atoms with Crippen molar-refractivity contribution in [2.45, 2.75) is 117 Å². The fourth-order valence-electron chi connectivity index (χ4n) is 10.5. The summed E-state index contributed by atoms with van der Waals surface area (Å²) >= 11 is 0. The molecule has 0 saturated heterocycles. The minimum atomic E-state index is -0.339. The molecule has 5 rings (SSSR count). The van der Waals surface area contributed by atoms with Crippen LogP contribution in [0.25, 0.3) is 0 Å². The third-order valence-corrected chi connectivity index (χ3v) is 12.3. The number of rotatable bonds is 6. The Balaban J connectivity index is 1.31. The lowest BCUT2D eigenvalue weighted by Crippen LogP contribution is -2.55. The van der Waals surface area contributed by atoms with Crippen LogP contribution < -0.4 is 0 Å². The Bertz CT molecular complexity index is 878. The van der Waals surface area contributed by atoms with Crippen molar-refractivity contribution >= 4 is 0 Å². The number of para-hydroxylation sites is 1. The van der Waals surface area contributed by atoms with Gasteiger partial charge in [-0.3, -0.25) is 0 Å². The van der Waals surface area contributed by atoms with Gasteiger partial charge in [0.1, 0.15) is 5.75 Å². The molecule has 0 radical (unpaired) electrons. The molecule has 2 heteroatoms. The zero-order valence-electron chi connectivity index (χ0n) is 23.2. The standard InChI is InChI=1S/C33H52O2/c1-21(2)9-8-10-22(3)27-15-16-28-25-14-13-23-19-26(24-11-6-7-12-30(24)34)31(35)20-33(23,5)29(25)17-18-32(27,28)4/h6-7,11-12,21-23,25-29,31,34-35H,8-10,13-20H2,1-5H3/t22-,23+,25+,26-,27-,28+,29+,31+,32-,33+/m1/s1. The minimum Gasteiger partial charge on any atom is -0.508 e. The average Bonchev–Trinajstić information content (AvgIpc) is 3.16. The number of aliphatic hydroxyl groups is 1. The number of phenolic OH excluding ortho intramolecular Hbond substituents is 1. The van der Waals surface area contributed by atoms with Crippen LogP contribution in [0.5, 0.6) is 5.75 Å². The zero-order valence-corrected chi connectivity index (χ0v) is 23.2. The molecule has 35 heavy (non-hydrogen) atoms. The van der Waals surface area contributed by atoms with Crippen molar-refractivity contribution < 1.29 is 10.2 Å². The molecule has 0 heterocycles. The molecule has 1 aromatic rings. The lowest BCUT2D eigenvalue weighted by atomic mass is 9.43. The van der Waals surface area contributed by atoms with Crippen molar-refractivity contribution in [2.24, 2.45) is 52.3 Å². The molecule has 0 amide bonds. The Hall–Kier alpha value is -1.02. The molecule has 0 aromatic heterocycles. The molecule has 196 valence electrons. The second kappa shape index (κ2) is 9.70. The van der Waals surface area contributed by atoms with Crippen LogP contribution in [0.1, 0.15) is 117 Å². The van der Waals surface area contributed by atoms with E-state index in [1.165, 1.54) is 57.8 Å². The average molecular weight is 481 g/mol. The van der Waals surface area contributed by atoms with Crippen molar-refractivity contribution in [3.63, 3.8) is 0 Å². The molecule has 2 nitrogen and oxygen atoms in total. The molecule has 4 aliphatic rings. The largest absolute Gasteiger partial charge is 0.508 e. The van der Waals surface area contributed by atoms with Gasteiger partial charge in [-0.2, -0.15) is 0 Å². The topological polar surface area (TPSA) is 40.5 Å². The van der Waals surface area contributed by atoms with Crippen LogP contribution in [-0.2, 0) is 0 Å². The van der Waals surface area contributed by atoms with Gasteiger partial charge in [-0.1, -0.05) is 72.1 Å². The molecule has 1 aromatic carbocycles. The maximum atomic E-state index is 11.4. The van der Waals surface area contributed by atoms with Crippen molar-refractivity contribution in [2.75, 3.05) is 0 Å². The third-order valence-electron chi connectivity index (χ3n) is 12.3. The molecule has 0 aliphatic heterocycles. The summed E-state index contributed by atoms with van der Waals surface area (Å²) in [5, 5.41) is 21.9. The van der Waals surface area contributed by atoms with Crippen LogP contribution in [0, 0.1) is 52.3 Å². The van der Waals surface area contributed by atoms with E-state index in [2.05, 4.69) is 34.6 Å². The van der Waals surface area contributed by atoms with E-state index in [0.717, 1.165) is 53.9 Å². The fourth-order valence-corrected chi connectivity index (χ4v) is 10.5. The summed E-state index contributed by atoms with van der Waals surface area (Å²) in [6.07, 6.45) is 14.2. The van der Waals surface area contributed by atoms with Crippen molar-refractivity contribution in [3.05, 3.63) is 29.8 Å². The van der Waals surface area contributed by atoms with Gasteiger partial charge in [0.15, 0.2) is 0 Å². The minimum absolute atomic E-state index is 0.0854. The predicted octanol–water partition coefficient (Wildman–Crippen LogP) is 8.57. The molecular formula is C33H52O2. The Morgan fingerprint density at radius 2 is 1.66 bits per heavy atom. The van der Waals surface area contributed by atoms with Crippen molar-refractivity contribution in [3.8, 4) is 5.75 Å². The number of aromatic hydroxyl groups is 1. The lowest BCUT2D eigenvalue weighted by molar-refractivity contribution is -0.138. The number of phenols is 1. The first-order valence-corrected chi connectivity index (χ1v) is 15.1. The SMILES string of the molecule is CC(C)CCC[C@@H](C)[C@H]1CC[C@H]2[C@@H]3CC[C@H]4C[C@H](c5ccccc5O)[C@@H](O)C[C@]4(C)[C@H]3CC[C@]12C. The summed E-state index contributed by atoms with van der Waals surface area (Å²) in [6.45, 7) is 12.5. The third kappa shape index (κ3) is 4.38. The second-order valence-corrected chi connectivity index (χ2v) is 14.4. The van der Waals surface area contributed by atoms with Gasteiger partial charge >= 0.3 is 0 Å². The first kappa shape index (κ1) is 25.6. The van der Waals surface area contributed by atoms with Gasteiger partial charge in [0.2, 0.25) is 0 Å². The molecule has 10 atom stereocenters. The summed E-state index contributed by atoms with van der Waals surface area (Å²) in [5.41, 5.74) is 1.75. The summed E-state index contributed by atoms with van der Waals surface area (Å²) in [4.78, 5) is 0. The van der Waals surface area contributed by atoms with E-state index < -0.39 is 0 Å². The van der Waals surface area contributed by atoms with Gasteiger partial charge in [-0.25, -0.2) is 0 Å². The Labute approximate surface area is 215 Å². The summed E-state index contributed by atoms with van der Waals surface area (Å²) in [6, 6.07) is 7.72. The smallest absolute Gasteiger partial charge is 0.119 e. The number of aliphatic hydroxyl groups excluding tert-OH is 1. The highest BCUT2D eigenvalue weighted by Gasteiger charge is 2.61. The number of fused-ring (bicyclic) bond motifs is 5. The van der Waals surface area contributed by atoms with Gasteiger partial charge in [-0.15, -0.1) is 0 Å². The van der Waals surface area contributed by atoms with E-state index in [0.29, 0.717) is 17.1 Å². The first-order valence-electron chi connectivity index (χ1n) is 15.1. The molecule has 4 aliphatic carbocycles. The van der Waals surface area contributed by atoms with E-state index in [9.17, 15) is 10.2 Å². The summed E-state index contributed by atoms with van der Waals surface area (Å²) in [5.74, 6) is 6.25. The van der Waals surface area contributed by atoms with Crippen LogP contribution in [0.3, 0.4) is 0 Å². The first-order chi connectivity index (χ1) is 16.6. The molecule has 0 unspecified atom stereocenters. The predicted molar refractivity (Wildman–Crippen MR) is 145 cm³/mol. The van der Waals surface area contributed by atoms with Crippen LogP contribution >= 0.6 is 0 Å². The van der Waals surface area contributed by atoms with Crippen molar-refractivity contribution in [1.29, 1.82) is 0 Å². The maximum Gasteiger partial charge on any atom is 0.119 e. The number of benzene rings is 1. The molecule has 0 bridgehead atoms. The maximum absolute atomic E-state index is 11.4. The Kier molecular flexibility index (Phi) is 7.10. The molecule has 0 spiro atoms. The summed E-state index contributed by atoms with van der Waals surface area (Å²) < 4.78 is 0.